The van der Waals surface area contributed by atoms with Crippen molar-refractivity contribution >= 4 is 5.97 Å². The molecule has 1 rings (SSSR count). The van der Waals surface area contributed by atoms with Crippen LogP contribution in [-0.4, -0.2) is 64.0 Å². The summed E-state index contributed by atoms with van der Waals surface area (Å²) in [7, 11) is 3.13. The van der Waals surface area contributed by atoms with Crippen molar-refractivity contribution in [1.29, 1.82) is 0 Å². The monoisotopic (exact) mass is 273 g/mol. The first kappa shape index (κ1) is 16.4. The van der Waals surface area contributed by atoms with E-state index in [0.29, 0.717) is 19.1 Å². The molecule has 0 bridgehead atoms. The van der Waals surface area contributed by atoms with Gasteiger partial charge < -0.3 is 19.1 Å². The minimum atomic E-state index is -0.151. The first-order valence-electron chi connectivity index (χ1n) is 7.16. The Hall–Kier alpha value is -0.650. The van der Waals surface area contributed by atoms with Crippen LogP contribution >= 0.6 is 0 Å². The van der Waals surface area contributed by atoms with E-state index < -0.39 is 0 Å². The number of esters is 1. The van der Waals surface area contributed by atoms with E-state index in [4.69, 9.17) is 9.47 Å². The highest BCUT2D eigenvalue weighted by atomic mass is 16.5. The lowest BCUT2D eigenvalue weighted by Gasteiger charge is -2.22. The molecule has 1 aliphatic heterocycles. The lowest BCUT2D eigenvalue weighted by molar-refractivity contribution is -0.141. The Morgan fingerprint density at radius 2 is 2.16 bits per heavy atom. The van der Waals surface area contributed by atoms with Crippen molar-refractivity contribution < 1.29 is 19.0 Å². The number of hydrogen-bond acceptors (Lipinski definition) is 5. The van der Waals surface area contributed by atoms with Crippen LogP contribution in [0.2, 0.25) is 0 Å². The molecule has 5 nitrogen and oxygen atoms in total. The van der Waals surface area contributed by atoms with Gasteiger partial charge in [-0.05, 0) is 32.2 Å². The number of hydrogen-bond donors (Lipinski definition) is 0. The van der Waals surface area contributed by atoms with Gasteiger partial charge in [0, 0.05) is 26.8 Å². The Balaban J connectivity index is 2.17. The summed E-state index contributed by atoms with van der Waals surface area (Å²) >= 11 is 0. The first-order valence-corrected chi connectivity index (χ1v) is 7.16. The number of rotatable bonds is 10. The van der Waals surface area contributed by atoms with Crippen molar-refractivity contribution in [3.05, 3.63) is 0 Å². The predicted molar refractivity (Wildman–Crippen MR) is 73.2 cm³/mol. The van der Waals surface area contributed by atoms with E-state index in [0.717, 1.165) is 39.1 Å². The number of nitrogens with zero attached hydrogens (tertiary/aromatic N) is 1. The highest BCUT2D eigenvalue weighted by Crippen LogP contribution is 2.16. The van der Waals surface area contributed by atoms with Crippen molar-refractivity contribution in [2.75, 3.05) is 47.1 Å². The zero-order valence-corrected chi connectivity index (χ0v) is 12.2. The topological polar surface area (TPSA) is 48.0 Å². The molecule has 1 aliphatic rings. The van der Waals surface area contributed by atoms with Crippen LogP contribution in [0.25, 0.3) is 0 Å². The molecular weight excluding hydrogens is 246 g/mol. The molecule has 1 fully saturated rings. The number of carbonyl (C=O) groups is 1. The molecule has 5 heteroatoms. The van der Waals surface area contributed by atoms with Crippen LogP contribution in [0.15, 0.2) is 0 Å². The number of methoxy groups -OCH3 is 2. The average molecular weight is 273 g/mol. The highest BCUT2D eigenvalue weighted by Gasteiger charge is 2.15. The molecule has 0 aromatic carbocycles. The molecule has 1 heterocycles. The van der Waals surface area contributed by atoms with Gasteiger partial charge in [0.2, 0.25) is 0 Å². The fourth-order valence-electron chi connectivity index (χ4n) is 2.32. The second-order valence-electron chi connectivity index (χ2n) is 4.94. The van der Waals surface area contributed by atoms with Crippen molar-refractivity contribution in [1.82, 2.24) is 4.90 Å². The van der Waals surface area contributed by atoms with Crippen LogP contribution in [0.5, 0.6) is 0 Å². The number of ether oxygens (including phenoxy) is 3. The average Bonchev–Trinajstić information content (AvgIpc) is 2.94. The van der Waals surface area contributed by atoms with E-state index in [1.54, 1.807) is 7.11 Å². The summed E-state index contributed by atoms with van der Waals surface area (Å²) in [5, 5.41) is 0. The van der Waals surface area contributed by atoms with Crippen LogP contribution < -0.4 is 0 Å². The summed E-state index contributed by atoms with van der Waals surface area (Å²) in [6, 6.07) is 0. The molecule has 112 valence electrons. The van der Waals surface area contributed by atoms with Gasteiger partial charge in [0.1, 0.15) is 0 Å². The third kappa shape index (κ3) is 7.50. The van der Waals surface area contributed by atoms with Gasteiger partial charge in [-0.25, -0.2) is 0 Å². The van der Waals surface area contributed by atoms with Crippen LogP contribution in [0.1, 0.15) is 32.1 Å². The Morgan fingerprint density at radius 3 is 2.79 bits per heavy atom. The molecule has 0 amide bonds. The van der Waals surface area contributed by atoms with Crippen molar-refractivity contribution in [3.8, 4) is 0 Å². The Morgan fingerprint density at radius 1 is 1.32 bits per heavy atom. The van der Waals surface area contributed by atoms with Crippen molar-refractivity contribution in [2.45, 2.75) is 38.2 Å². The molecule has 0 spiro atoms. The molecular formula is C14H27NO4. The molecule has 0 aromatic heterocycles. The molecule has 1 saturated heterocycles. The van der Waals surface area contributed by atoms with Gasteiger partial charge in [-0.3, -0.25) is 4.79 Å². The third-order valence-electron chi connectivity index (χ3n) is 3.50. The second-order valence-corrected chi connectivity index (χ2v) is 4.94. The Kier molecular flexibility index (Phi) is 8.79. The van der Waals surface area contributed by atoms with E-state index in [2.05, 4.69) is 9.64 Å². The van der Waals surface area contributed by atoms with E-state index in [-0.39, 0.29) is 5.97 Å². The molecule has 1 unspecified atom stereocenters. The van der Waals surface area contributed by atoms with Gasteiger partial charge in [0.05, 0.1) is 26.2 Å². The fraction of sp³-hybridized carbons (Fsp3) is 0.929. The maximum Gasteiger partial charge on any atom is 0.306 e. The SMILES string of the molecule is COCCN(CCCC1CCCO1)CCC(=O)OC. The Labute approximate surface area is 116 Å². The normalized spacial score (nSPS) is 19.0. The molecule has 0 N–H and O–H groups in total. The van der Waals surface area contributed by atoms with E-state index in [9.17, 15) is 4.79 Å². The van der Waals surface area contributed by atoms with Crippen molar-refractivity contribution in [2.24, 2.45) is 0 Å². The first-order chi connectivity index (χ1) is 9.26. The maximum atomic E-state index is 11.2. The highest BCUT2D eigenvalue weighted by molar-refractivity contribution is 5.69. The minimum Gasteiger partial charge on any atom is -0.469 e. The maximum absolute atomic E-state index is 11.2. The smallest absolute Gasteiger partial charge is 0.306 e. The standard InChI is InChI=1S/C14H27NO4/c1-17-12-10-15(9-7-14(16)18-2)8-3-5-13-6-4-11-19-13/h13H,3-12H2,1-2H3. The number of carbonyl (C=O) groups excluding carboxylic acids is 1. The molecule has 0 aromatic rings. The summed E-state index contributed by atoms with van der Waals surface area (Å²) in [5.41, 5.74) is 0. The van der Waals surface area contributed by atoms with E-state index in [1.807, 2.05) is 0 Å². The molecule has 19 heavy (non-hydrogen) atoms. The third-order valence-corrected chi connectivity index (χ3v) is 3.50. The molecule has 0 radical (unpaired) electrons. The van der Waals surface area contributed by atoms with Gasteiger partial charge in [-0.15, -0.1) is 0 Å². The fourth-order valence-corrected chi connectivity index (χ4v) is 2.32. The van der Waals surface area contributed by atoms with Crippen molar-refractivity contribution in [3.63, 3.8) is 0 Å². The summed E-state index contributed by atoms with van der Waals surface area (Å²) in [4.78, 5) is 13.4. The lowest BCUT2D eigenvalue weighted by Crippen LogP contribution is -2.31. The van der Waals surface area contributed by atoms with Crippen LogP contribution in [-0.2, 0) is 19.0 Å². The predicted octanol–water partition coefficient (Wildman–Crippen LogP) is 1.46. The lowest BCUT2D eigenvalue weighted by atomic mass is 10.1. The summed E-state index contributed by atoms with van der Waals surface area (Å²) < 4.78 is 15.4. The summed E-state index contributed by atoms with van der Waals surface area (Å²) in [5.74, 6) is -0.151. The quantitative estimate of drug-likeness (QED) is 0.564. The minimum absolute atomic E-state index is 0.151. The van der Waals surface area contributed by atoms with Gasteiger partial charge in [0.15, 0.2) is 0 Å². The van der Waals surface area contributed by atoms with Gasteiger partial charge in [0.25, 0.3) is 0 Å². The van der Waals surface area contributed by atoms with E-state index in [1.165, 1.54) is 20.0 Å². The zero-order chi connectivity index (χ0) is 13.9. The zero-order valence-electron chi connectivity index (χ0n) is 12.2. The molecule has 0 saturated carbocycles. The van der Waals surface area contributed by atoms with Crippen LogP contribution in [0.4, 0.5) is 0 Å². The van der Waals surface area contributed by atoms with Gasteiger partial charge in [-0.1, -0.05) is 0 Å². The summed E-state index contributed by atoms with van der Waals surface area (Å²) in [6.45, 7) is 4.20. The van der Waals surface area contributed by atoms with E-state index >= 15 is 0 Å². The van der Waals surface area contributed by atoms with Crippen LogP contribution in [0, 0.1) is 0 Å². The molecule has 1 atom stereocenters. The summed E-state index contributed by atoms with van der Waals surface area (Å²) in [6.07, 6.45) is 5.50. The van der Waals surface area contributed by atoms with Gasteiger partial charge >= 0.3 is 5.97 Å². The Bertz CT molecular complexity index is 242. The molecule has 0 aliphatic carbocycles. The van der Waals surface area contributed by atoms with Crippen LogP contribution in [0.3, 0.4) is 0 Å². The largest absolute Gasteiger partial charge is 0.469 e. The van der Waals surface area contributed by atoms with Gasteiger partial charge in [-0.2, -0.15) is 0 Å². The second kappa shape index (κ2) is 10.2.